The number of halogens is 4. The Bertz CT molecular complexity index is 741. The quantitative estimate of drug-likeness (QED) is 0.322. The van der Waals surface area contributed by atoms with E-state index in [1.54, 1.807) is 7.11 Å². The number of alkyl halides is 3. The Balaban J connectivity index is 0.00000363. The standard InChI is InChI=1S/C22H34F3N5O.HI/c1-4-26-21(29-13-11-28(12-14-29)17(2)22(23,24)25)27-15-18-9-10-30(16-18)19-7-5-6-8-20(19)31-3;/h5-8,17-18H,4,9-16H2,1-3H3,(H,26,27);1H. The van der Waals surface area contributed by atoms with Gasteiger partial charge in [0, 0.05) is 52.4 Å². The fourth-order valence-corrected chi connectivity index (χ4v) is 4.26. The summed E-state index contributed by atoms with van der Waals surface area (Å²) >= 11 is 0. The number of ether oxygens (including phenoxy) is 1. The Morgan fingerprint density at radius 1 is 1.19 bits per heavy atom. The molecular weight excluding hydrogens is 534 g/mol. The van der Waals surface area contributed by atoms with Crippen LogP contribution >= 0.6 is 24.0 Å². The SMILES string of the molecule is CCNC(=NCC1CCN(c2ccccc2OC)C1)N1CCN(C(C)C(F)(F)F)CC1.I. The minimum absolute atomic E-state index is 0. The third-order valence-corrected chi connectivity index (χ3v) is 6.18. The van der Waals surface area contributed by atoms with Gasteiger partial charge in [-0.3, -0.25) is 9.89 Å². The van der Waals surface area contributed by atoms with E-state index < -0.39 is 12.2 Å². The molecule has 1 aromatic rings. The van der Waals surface area contributed by atoms with Gasteiger partial charge >= 0.3 is 6.18 Å². The number of piperazine rings is 1. The highest BCUT2D eigenvalue weighted by molar-refractivity contribution is 14.0. The van der Waals surface area contributed by atoms with Crippen LogP contribution in [0.25, 0.3) is 0 Å². The molecule has 10 heteroatoms. The van der Waals surface area contributed by atoms with E-state index in [-0.39, 0.29) is 24.0 Å². The molecule has 2 unspecified atom stereocenters. The number of aliphatic imine (C=N–C) groups is 1. The molecule has 2 aliphatic heterocycles. The minimum Gasteiger partial charge on any atom is -0.495 e. The maximum Gasteiger partial charge on any atom is 0.403 e. The lowest BCUT2D eigenvalue weighted by atomic mass is 10.1. The van der Waals surface area contributed by atoms with Crippen molar-refractivity contribution >= 4 is 35.6 Å². The number of hydrogen-bond acceptors (Lipinski definition) is 4. The molecule has 182 valence electrons. The Hall–Kier alpha value is -1.43. The largest absolute Gasteiger partial charge is 0.495 e. The molecular formula is C22H35F3IN5O. The predicted molar refractivity (Wildman–Crippen MR) is 133 cm³/mol. The molecule has 0 amide bonds. The number of anilines is 1. The summed E-state index contributed by atoms with van der Waals surface area (Å²) in [5.74, 6) is 2.12. The van der Waals surface area contributed by atoms with E-state index in [4.69, 9.17) is 9.73 Å². The molecule has 2 saturated heterocycles. The molecule has 6 nitrogen and oxygen atoms in total. The van der Waals surface area contributed by atoms with Crippen LogP contribution in [0.2, 0.25) is 0 Å². The van der Waals surface area contributed by atoms with Gasteiger partial charge in [-0.25, -0.2) is 0 Å². The van der Waals surface area contributed by atoms with Gasteiger partial charge in [-0.05, 0) is 38.3 Å². The van der Waals surface area contributed by atoms with Crippen LogP contribution in [-0.2, 0) is 0 Å². The van der Waals surface area contributed by atoms with E-state index in [0.717, 1.165) is 43.5 Å². The van der Waals surface area contributed by atoms with Crippen LogP contribution in [0, 0.1) is 5.92 Å². The Kier molecular flexibility index (Phi) is 10.2. The van der Waals surface area contributed by atoms with Crippen molar-refractivity contribution in [2.24, 2.45) is 10.9 Å². The molecule has 0 aliphatic carbocycles. The predicted octanol–water partition coefficient (Wildman–Crippen LogP) is 3.67. The average molecular weight is 569 g/mol. The van der Waals surface area contributed by atoms with Crippen LogP contribution in [0.1, 0.15) is 20.3 Å². The van der Waals surface area contributed by atoms with Crippen molar-refractivity contribution < 1.29 is 17.9 Å². The lowest BCUT2D eigenvalue weighted by Crippen LogP contribution is -2.56. The zero-order chi connectivity index (χ0) is 22.4. The first-order valence-corrected chi connectivity index (χ1v) is 11.1. The van der Waals surface area contributed by atoms with Crippen LogP contribution in [0.5, 0.6) is 5.75 Å². The summed E-state index contributed by atoms with van der Waals surface area (Å²) in [5, 5.41) is 3.31. The lowest BCUT2D eigenvalue weighted by molar-refractivity contribution is -0.181. The number of benzene rings is 1. The summed E-state index contributed by atoms with van der Waals surface area (Å²) in [5.41, 5.74) is 1.11. The molecule has 0 spiro atoms. The third kappa shape index (κ3) is 6.79. The van der Waals surface area contributed by atoms with Gasteiger partial charge in [-0.1, -0.05) is 12.1 Å². The number of guanidine groups is 1. The maximum atomic E-state index is 13.0. The zero-order valence-corrected chi connectivity index (χ0v) is 21.4. The van der Waals surface area contributed by atoms with Gasteiger partial charge in [0.1, 0.15) is 11.8 Å². The van der Waals surface area contributed by atoms with E-state index in [2.05, 4.69) is 21.2 Å². The Morgan fingerprint density at radius 2 is 1.88 bits per heavy atom. The molecule has 2 heterocycles. The summed E-state index contributed by atoms with van der Waals surface area (Å²) in [6.45, 7) is 8.42. The van der Waals surface area contributed by atoms with Gasteiger partial charge in [0.2, 0.25) is 0 Å². The summed E-state index contributed by atoms with van der Waals surface area (Å²) < 4.78 is 44.5. The molecule has 32 heavy (non-hydrogen) atoms. The van der Waals surface area contributed by atoms with Crippen molar-refractivity contribution in [3.63, 3.8) is 0 Å². The lowest BCUT2D eigenvalue weighted by Gasteiger charge is -2.39. The maximum absolute atomic E-state index is 13.0. The van der Waals surface area contributed by atoms with Crippen LogP contribution in [0.3, 0.4) is 0 Å². The average Bonchev–Trinajstić information content (AvgIpc) is 3.24. The number of hydrogen-bond donors (Lipinski definition) is 1. The molecule has 0 bridgehead atoms. The number of nitrogens with zero attached hydrogens (tertiary/aromatic N) is 4. The highest BCUT2D eigenvalue weighted by Gasteiger charge is 2.41. The normalized spacial score (nSPS) is 21.3. The van der Waals surface area contributed by atoms with Crippen molar-refractivity contribution in [3.05, 3.63) is 24.3 Å². The Morgan fingerprint density at radius 3 is 2.50 bits per heavy atom. The summed E-state index contributed by atoms with van der Waals surface area (Å²) in [4.78, 5) is 10.8. The molecule has 0 saturated carbocycles. The van der Waals surface area contributed by atoms with E-state index in [9.17, 15) is 13.2 Å². The number of nitrogens with one attached hydrogen (secondary N) is 1. The number of para-hydroxylation sites is 2. The topological polar surface area (TPSA) is 43.3 Å². The second kappa shape index (κ2) is 12.2. The highest BCUT2D eigenvalue weighted by atomic mass is 127. The van der Waals surface area contributed by atoms with Crippen molar-refractivity contribution in [1.82, 2.24) is 15.1 Å². The molecule has 2 aliphatic rings. The fraction of sp³-hybridized carbons (Fsp3) is 0.682. The van der Waals surface area contributed by atoms with Crippen molar-refractivity contribution in [1.29, 1.82) is 0 Å². The van der Waals surface area contributed by atoms with E-state index in [1.165, 1.54) is 11.8 Å². The van der Waals surface area contributed by atoms with Gasteiger partial charge in [-0.15, -0.1) is 24.0 Å². The van der Waals surface area contributed by atoms with Crippen molar-refractivity contribution in [2.45, 2.75) is 32.5 Å². The van der Waals surface area contributed by atoms with E-state index >= 15 is 0 Å². The molecule has 1 aromatic carbocycles. The molecule has 0 radical (unpaired) electrons. The second-order valence-corrected chi connectivity index (χ2v) is 8.21. The van der Waals surface area contributed by atoms with Gasteiger partial charge in [0.25, 0.3) is 0 Å². The summed E-state index contributed by atoms with van der Waals surface area (Å²) in [7, 11) is 1.69. The third-order valence-electron chi connectivity index (χ3n) is 6.18. The summed E-state index contributed by atoms with van der Waals surface area (Å²) in [6, 6.07) is 6.64. The van der Waals surface area contributed by atoms with Crippen LogP contribution in [0.4, 0.5) is 18.9 Å². The first-order valence-electron chi connectivity index (χ1n) is 11.1. The van der Waals surface area contributed by atoms with Crippen molar-refractivity contribution in [2.75, 3.05) is 64.4 Å². The fourth-order valence-electron chi connectivity index (χ4n) is 4.26. The number of methoxy groups -OCH3 is 1. The summed E-state index contributed by atoms with van der Waals surface area (Å²) in [6.07, 6.45) is -3.13. The van der Waals surface area contributed by atoms with Gasteiger partial charge in [-0.2, -0.15) is 13.2 Å². The molecule has 2 fully saturated rings. The highest BCUT2D eigenvalue weighted by Crippen LogP contribution is 2.32. The van der Waals surface area contributed by atoms with Crippen molar-refractivity contribution in [3.8, 4) is 5.75 Å². The van der Waals surface area contributed by atoms with Crippen LogP contribution < -0.4 is 15.0 Å². The molecule has 3 rings (SSSR count). The monoisotopic (exact) mass is 569 g/mol. The second-order valence-electron chi connectivity index (χ2n) is 8.21. The first kappa shape index (κ1) is 26.8. The first-order chi connectivity index (χ1) is 14.8. The molecule has 0 aromatic heterocycles. The Labute approximate surface area is 206 Å². The van der Waals surface area contributed by atoms with Gasteiger partial charge in [0.05, 0.1) is 12.8 Å². The minimum atomic E-state index is -4.18. The van der Waals surface area contributed by atoms with Crippen LogP contribution in [-0.4, -0.2) is 87.4 Å². The number of rotatable bonds is 6. The van der Waals surface area contributed by atoms with Crippen LogP contribution in [0.15, 0.2) is 29.3 Å². The zero-order valence-electron chi connectivity index (χ0n) is 19.1. The van der Waals surface area contributed by atoms with Gasteiger partial charge in [0.15, 0.2) is 5.96 Å². The smallest absolute Gasteiger partial charge is 0.403 e. The van der Waals surface area contributed by atoms with Gasteiger partial charge < -0.3 is 19.9 Å². The van der Waals surface area contributed by atoms with E-state index in [1.807, 2.05) is 25.1 Å². The van der Waals surface area contributed by atoms with E-state index in [0.29, 0.717) is 38.6 Å². The molecule has 1 N–H and O–H groups in total. The molecule has 2 atom stereocenters.